The molecule has 1 N–H and O–H groups in total. The molecule has 0 aromatic carbocycles. The normalized spacial score (nSPS) is 12.8. The molecule has 1 heterocycles. The van der Waals surface area contributed by atoms with Crippen LogP contribution < -0.4 is 5.32 Å². The Morgan fingerprint density at radius 3 is 3.18 bits per heavy atom. The standard InChI is InChI=1S/C9H13NO/c1-3-6-10-8(2)9-5-4-7-11-9/h3-5,7-8,10H,1,6H2,2H3. The smallest absolute Gasteiger partial charge is 0.120 e. The lowest BCUT2D eigenvalue weighted by molar-refractivity contribution is 0.442. The van der Waals surface area contributed by atoms with Crippen molar-refractivity contribution in [2.24, 2.45) is 0 Å². The molecular formula is C9H13NO. The first-order chi connectivity index (χ1) is 5.34. The molecule has 0 radical (unpaired) electrons. The highest BCUT2D eigenvalue weighted by molar-refractivity contribution is 5.03. The number of furan rings is 1. The highest BCUT2D eigenvalue weighted by atomic mass is 16.3. The summed E-state index contributed by atoms with van der Waals surface area (Å²) in [6, 6.07) is 4.12. The van der Waals surface area contributed by atoms with Gasteiger partial charge in [-0.25, -0.2) is 0 Å². The minimum Gasteiger partial charge on any atom is -0.468 e. The first-order valence-corrected chi connectivity index (χ1v) is 3.72. The van der Waals surface area contributed by atoms with Crippen molar-refractivity contribution in [2.75, 3.05) is 6.54 Å². The van der Waals surface area contributed by atoms with Crippen LogP contribution in [0.15, 0.2) is 35.5 Å². The van der Waals surface area contributed by atoms with Gasteiger partial charge in [0.1, 0.15) is 5.76 Å². The molecule has 2 nitrogen and oxygen atoms in total. The van der Waals surface area contributed by atoms with Gasteiger partial charge >= 0.3 is 0 Å². The average Bonchev–Trinajstić information content (AvgIpc) is 2.52. The Hall–Kier alpha value is -1.02. The molecule has 0 saturated heterocycles. The SMILES string of the molecule is C=CCNC(C)c1ccco1. The van der Waals surface area contributed by atoms with E-state index in [9.17, 15) is 0 Å². The zero-order chi connectivity index (χ0) is 8.10. The molecule has 1 aromatic heterocycles. The fourth-order valence-electron chi connectivity index (χ4n) is 0.898. The minimum atomic E-state index is 0.267. The first kappa shape index (κ1) is 8.08. The zero-order valence-electron chi connectivity index (χ0n) is 6.71. The molecule has 0 fully saturated rings. The zero-order valence-corrected chi connectivity index (χ0v) is 6.71. The third kappa shape index (κ3) is 2.24. The van der Waals surface area contributed by atoms with Gasteiger partial charge in [-0.15, -0.1) is 6.58 Å². The number of rotatable bonds is 4. The van der Waals surface area contributed by atoms with Crippen molar-refractivity contribution in [1.82, 2.24) is 5.32 Å². The summed E-state index contributed by atoms with van der Waals surface area (Å²) in [6.45, 7) is 6.49. The Balaban J connectivity index is 2.42. The second-order valence-corrected chi connectivity index (χ2v) is 2.43. The molecular weight excluding hydrogens is 138 g/mol. The van der Waals surface area contributed by atoms with Crippen LogP contribution in [0, 0.1) is 0 Å². The van der Waals surface area contributed by atoms with E-state index < -0.39 is 0 Å². The van der Waals surface area contributed by atoms with Crippen molar-refractivity contribution in [3.8, 4) is 0 Å². The quantitative estimate of drug-likeness (QED) is 0.667. The predicted octanol–water partition coefficient (Wildman–Crippen LogP) is 2.12. The topological polar surface area (TPSA) is 25.2 Å². The number of nitrogens with one attached hydrogen (secondary N) is 1. The molecule has 0 bridgehead atoms. The Morgan fingerprint density at radius 1 is 1.82 bits per heavy atom. The molecule has 0 aliphatic rings. The Morgan fingerprint density at radius 2 is 2.64 bits per heavy atom. The molecule has 2 heteroatoms. The fraction of sp³-hybridized carbons (Fsp3) is 0.333. The Bertz CT molecular complexity index is 203. The van der Waals surface area contributed by atoms with Gasteiger partial charge < -0.3 is 9.73 Å². The van der Waals surface area contributed by atoms with Crippen LogP contribution >= 0.6 is 0 Å². The predicted molar refractivity (Wildman–Crippen MR) is 45.3 cm³/mol. The van der Waals surface area contributed by atoms with Gasteiger partial charge in [-0.3, -0.25) is 0 Å². The van der Waals surface area contributed by atoms with Gasteiger partial charge in [-0.05, 0) is 19.1 Å². The maximum atomic E-state index is 5.20. The average molecular weight is 151 g/mol. The molecule has 0 amide bonds. The molecule has 1 unspecified atom stereocenters. The molecule has 0 aliphatic carbocycles. The molecule has 1 atom stereocenters. The van der Waals surface area contributed by atoms with Crippen LogP contribution in [0.5, 0.6) is 0 Å². The molecule has 0 aliphatic heterocycles. The molecule has 11 heavy (non-hydrogen) atoms. The lowest BCUT2D eigenvalue weighted by Crippen LogP contribution is -2.17. The summed E-state index contributed by atoms with van der Waals surface area (Å²) >= 11 is 0. The van der Waals surface area contributed by atoms with Gasteiger partial charge in [0.05, 0.1) is 12.3 Å². The Labute approximate surface area is 66.9 Å². The fourth-order valence-corrected chi connectivity index (χ4v) is 0.898. The van der Waals surface area contributed by atoms with E-state index >= 15 is 0 Å². The monoisotopic (exact) mass is 151 g/mol. The van der Waals surface area contributed by atoms with E-state index in [1.54, 1.807) is 6.26 Å². The number of hydrogen-bond acceptors (Lipinski definition) is 2. The van der Waals surface area contributed by atoms with Crippen LogP contribution in [-0.2, 0) is 0 Å². The molecule has 0 saturated carbocycles. The second kappa shape index (κ2) is 3.98. The summed E-state index contributed by atoms with van der Waals surface area (Å²) in [5, 5.41) is 3.22. The van der Waals surface area contributed by atoms with E-state index in [0.29, 0.717) is 0 Å². The second-order valence-electron chi connectivity index (χ2n) is 2.43. The van der Waals surface area contributed by atoms with Crippen LogP contribution in [0.2, 0.25) is 0 Å². The van der Waals surface area contributed by atoms with Crippen LogP contribution in [0.1, 0.15) is 18.7 Å². The van der Waals surface area contributed by atoms with Gasteiger partial charge in [-0.2, -0.15) is 0 Å². The van der Waals surface area contributed by atoms with E-state index in [0.717, 1.165) is 12.3 Å². The van der Waals surface area contributed by atoms with Gasteiger partial charge in [0.2, 0.25) is 0 Å². The summed E-state index contributed by atoms with van der Waals surface area (Å²) < 4.78 is 5.20. The van der Waals surface area contributed by atoms with E-state index in [1.165, 1.54) is 0 Å². The van der Waals surface area contributed by atoms with Gasteiger partial charge in [0.25, 0.3) is 0 Å². The van der Waals surface area contributed by atoms with Crippen molar-refractivity contribution in [3.63, 3.8) is 0 Å². The maximum absolute atomic E-state index is 5.20. The van der Waals surface area contributed by atoms with Gasteiger partial charge in [0, 0.05) is 6.54 Å². The third-order valence-electron chi connectivity index (χ3n) is 1.54. The maximum Gasteiger partial charge on any atom is 0.120 e. The summed E-state index contributed by atoms with van der Waals surface area (Å²) in [7, 11) is 0. The van der Waals surface area contributed by atoms with Crippen LogP contribution in [0.25, 0.3) is 0 Å². The highest BCUT2D eigenvalue weighted by Crippen LogP contribution is 2.11. The van der Waals surface area contributed by atoms with Crippen LogP contribution in [-0.4, -0.2) is 6.54 Å². The van der Waals surface area contributed by atoms with Crippen molar-refractivity contribution >= 4 is 0 Å². The van der Waals surface area contributed by atoms with E-state index in [1.807, 2.05) is 18.2 Å². The molecule has 60 valence electrons. The van der Waals surface area contributed by atoms with Crippen LogP contribution in [0.4, 0.5) is 0 Å². The third-order valence-corrected chi connectivity index (χ3v) is 1.54. The molecule has 1 rings (SSSR count). The van der Waals surface area contributed by atoms with Crippen molar-refractivity contribution < 1.29 is 4.42 Å². The largest absolute Gasteiger partial charge is 0.468 e. The summed E-state index contributed by atoms with van der Waals surface area (Å²) in [4.78, 5) is 0. The summed E-state index contributed by atoms with van der Waals surface area (Å²) in [6.07, 6.45) is 3.51. The summed E-state index contributed by atoms with van der Waals surface area (Å²) in [5.41, 5.74) is 0. The Kier molecular flexibility index (Phi) is 2.93. The minimum absolute atomic E-state index is 0.267. The van der Waals surface area contributed by atoms with Gasteiger partial charge in [0.15, 0.2) is 0 Å². The summed E-state index contributed by atoms with van der Waals surface area (Å²) in [5.74, 6) is 0.965. The lowest BCUT2D eigenvalue weighted by atomic mass is 10.2. The van der Waals surface area contributed by atoms with Crippen molar-refractivity contribution in [1.29, 1.82) is 0 Å². The van der Waals surface area contributed by atoms with Gasteiger partial charge in [-0.1, -0.05) is 6.08 Å². The van der Waals surface area contributed by atoms with Crippen LogP contribution in [0.3, 0.4) is 0 Å². The first-order valence-electron chi connectivity index (χ1n) is 3.72. The van der Waals surface area contributed by atoms with Crippen molar-refractivity contribution in [3.05, 3.63) is 36.8 Å². The number of hydrogen-bond donors (Lipinski definition) is 1. The molecule has 1 aromatic rings. The van der Waals surface area contributed by atoms with E-state index in [2.05, 4.69) is 18.8 Å². The van der Waals surface area contributed by atoms with E-state index in [-0.39, 0.29) is 6.04 Å². The lowest BCUT2D eigenvalue weighted by Gasteiger charge is -2.07. The van der Waals surface area contributed by atoms with Crippen molar-refractivity contribution in [2.45, 2.75) is 13.0 Å². The molecule has 0 spiro atoms. The van der Waals surface area contributed by atoms with E-state index in [4.69, 9.17) is 4.42 Å². The highest BCUT2D eigenvalue weighted by Gasteiger charge is 2.04.